The van der Waals surface area contributed by atoms with E-state index in [1.165, 1.54) is 49.0 Å². The minimum Gasteiger partial charge on any atom is -0.309 e. The average Bonchev–Trinajstić information content (AvgIpc) is 3.79. The summed E-state index contributed by atoms with van der Waals surface area (Å²) < 4.78 is 4.59. The second kappa shape index (κ2) is 11.9. The Kier molecular flexibility index (Phi) is 6.50. The van der Waals surface area contributed by atoms with Gasteiger partial charge in [-0.3, -0.25) is 14.5 Å². The summed E-state index contributed by atoms with van der Waals surface area (Å²) in [6.45, 7) is 0. The van der Waals surface area contributed by atoms with Crippen LogP contribution in [0, 0.1) is 0 Å². The molecule has 0 aliphatic carbocycles. The van der Waals surface area contributed by atoms with Gasteiger partial charge in [0.25, 0.3) is 0 Å². The number of para-hydroxylation sites is 1. The summed E-state index contributed by atoms with van der Waals surface area (Å²) in [5.41, 5.74) is 9.19. The summed E-state index contributed by atoms with van der Waals surface area (Å²) in [5.74, 6) is 1.48. The molecule has 12 aromatic rings. The van der Waals surface area contributed by atoms with Gasteiger partial charge >= 0.3 is 0 Å². The van der Waals surface area contributed by atoms with Gasteiger partial charge in [-0.15, -0.1) is 0 Å². The van der Waals surface area contributed by atoms with Gasteiger partial charge in [-0.05, 0) is 94.0 Å². The van der Waals surface area contributed by atoms with Crippen molar-refractivity contribution in [1.82, 2.24) is 34.1 Å². The quantitative estimate of drug-likeness (QED) is 0.166. The lowest BCUT2D eigenvalue weighted by Crippen LogP contribution is -2.07. The molecule has 0 saturated heterocycles. The molecule has 7 nitrogen and oxygen atoms in total. The van der Waals surface area contributed by atoms with Crippen LogP contribution in [0.2, 0.25) is 0 Å². The lowest BCUT2D eigenvalue weighted by molar-refractivity contribution is 0.943. The van der Waals surface area contributed by atoms with Gasteiger partial charge in [-0.25, -0.2) is 4.98 Å². The molecule has 0 bridgehead atoms. The molecule has 0 aliphatic heterocycles. The molecule has 260 valence electrons. The van der Waals surface area contributed by atoms with Crippen LogP contribution in [0.1, 0.15) is 0 Å². The Morgan fingerprint density at radius 2 is 1.00 bits per heavy atom. The first-order chi connectivity index (χ1) is 27.8. The van der Waals surface area contributed by atoms with Crippen LogP contribution >= 0.6 is 0 Å². The summed E-state index contributed by atoms with van der Waals surface area (Å²) in [5, 5.41) is 9.72. The summed E-state index contributed by atoms with van der Waals surface area (Å²) in [4.78, 5) is 24.1. The molecular formula is C49H29N7. The molecule has 0 radical (unpaired) electrons. The van der Waals surface area contributed by atoms with E-state index in [4.69, 9.17) is 15.0 Å². The normalized spacial score (nSPS) is 11.9. The molecule has 7 aromatic carbocycles. The highest BCUT2D eigenvalue weighted by Crippen LogP contribution is 2.43. The fourth-order valence-electron chi connectivity index (χ4n) is 8.57. The number of pyridine rings is 2. The Balaban J connectivity index is 1.10. The standard InChI is InChI=1S/C49H29N7/c1-2-14-35-30(11-1)12-9-19-40(35)55-43-20-10-13-31-21-22-33-27-34(29-44(55)46(33)45(31)43)32-23-24-42-37(28-32)36-15-3-4-18-41(36)56(42)49-53-47(38-16-5-7-25-50-38)52-48(54-49)39-17-6-8-26-51-39/h1-29H. The second-order valence-corrected chi connectivity index (χ2v) is 14.2. The number of benzene rings is 7. The SMILES string of the molecule is c1ccc(-c2nc(-c3ccccn3)nc(-n3c4ccccc4c4cc(-c5cc6ccc7cccc8c7c6c(c5)n8-c5cccc6ccccc56)ccc43)n2)nc1. The highest BCUT2D eigenvalue weighted by atomic mass is 15.2. The maximum Gasteiger partial charge on any atom is 0.238 e. The van der Waals surface area contributed by atoms with Gasteiger partial charge in [-0.2, -0.15) is 9.97 Å². The zero-order valence-corrected chi connectivity index (χ0v) is 29.9. The third-order valence-electron chi connectivity index (χ3n) is 11.0. The van der Waals surface area contributed by atoms with Gasteiger partial charge in [0, 0.05) is 39.3 Å². The van der Waals surface area contributed by atoms with Gasteiger partial charge in [-0.1, -0.05) is 97.1 Å². The van der Waals surface area contributed by atoms with Crippen molar-refractivity contribution < 1.29 is 0 Å². The molecule has 0 atom stereocenters. The number of fused-ring (bicyclic) bond motifs is 4. The Morgan fingerprint density at radius 1 is 0.357 bits per heavy atom. The van der Waals surface area contributed by atoms with Crippen LogP contribution in [0.3, 0.4) is 0 Å². The van der Waals surface area contributed by atoms with Crippen molar-refractivity contribution >= 4 is 65.2 Å². The fraction of sp³-hybridized carbons (Fsp3) is 0. The van der Waals surface area contributed by atoms with E-state index in [0.29, 0.717) is 29.0 Å². The van der Waals surface area contributed by atoms with Gasteiger partial charge in [0.2, 0.25) is 5.95 Å². The zero-order valence-electron chi connectivity index (χ0n) is 29.9. The number of hydrogen-bond donors (Lipinski definition) is 0. The zero-order chi connectivity index (χ0) is 36.7. The van der Waals surface area contributed by atoms with Crippen LogP contribution in [0.25, 0.3) is 111 Å². The predicted octanol–water partition coefficient (Wildman–Crippen LogP) is 11.6. The number of aromatic nitrogens is 7. The van der Waals surface area contributed by atoms with Crippen molar-refractivity contribution in [2.75, 3.05) is 0 Å². The van der Waals surface area contributed by atoms with Crippen molar-refractivity contribution in [1.29, 1.82) is 0 Å². The van der Waals surface area contributed by atoms with Crippen LogP contribution in [0.5, 0.6) is 0 Å². The Labute approximate surface area is 320 Å². The van der Waals surface area contributed by atoms with E-state index in [-0.39, 0.29) is 0 Å². The summed E-state index contributed by atoms with van der Waals surface area (Å²) in [6.07, 6.45) is 3.51. The van der Waals surface area contributed by atoms with Crippen molar-refractivity contribution in [2.45, 2.75) is 0 Å². The maximum atomic E-state index is 5.04. The van der Waals surface area contributed by atoms with Gasteiger partial charge in [0.1, 0.15) is 11.4 Å². The molecule has 0 spiro atoms. The first-order valence-electron chi connectivity index (χ1n) is 18.7. The molecule has 0 aliphatic rings. The number of hydrogen-bond acceptors (Lipinski definition) is 5. The topological polar surface area (TPSA) is 74.3 Å². The third kappa shape index (κ3) is 4.55. The minimum atomic E-state index is 0.485. The monoisotopic (exact) mass is 715 g/mol. The predicted molar refractivity (Wildman–Crippen MR) is 227 cm³/mol. The Morgan fingerprint density at radius 3 is 1.80 bits per heavy atom. The van der Waals surface area contributed by atoms with E-state index in [2.05, 4.69) is 146 Å². The lowest BCUT2D eigenvalue weighted by Gasteiger charge is -2.13. The molecular weight excluding hydrogens is 687 g/mol. The van der Waals surface area contributed by atoms with Crippen molar-refractivity contribution in [3.63, 3.8) is 0 Å². The highest BCUT2D eigenvalue weighted by molar-refractivity contribution is 6.25. The Hall–Kier alpha value is -7.77. The smallest absolute Gasteiger partial charge is 0.238 e. The highest BCUT2D eigenvalue weighted by Gasteiger charge is 2.21. The van der Waals surface area contributed by atoms with Crippen LogP contribution in [-0.2, 0) is 0 Å². The first-order valence-corrected chi connectivity index (χ1v) is 18.7. The molecule has 7 heteroatoms. The molecule has 5 aromatic heterocycles. The fourth-order valence-corrected chi connectivity index (χ4v) is 8.57. The molecule has 5 heterocycles. The molecule has 0 unspecified atom stereocenters. The van der Waals surface area contributed by atoms with Crippen LogP contribution in [-0.4, -0.2) is 34.1 Å². The molecule has 0 N–H and O–H groups in total. The van der Waals surface area contributed by atoms with E-state index >= 15 is 0 Å². The number of rotatable bonds is 5. The Bertz CT molecular complexity index is 3410. The van der Waals surface area contributed by atoms with Gasteiger partial charge < -0.3 is 4.57 Å². The first kappa shape index (κ1) is 30.7. The van der Waals surface area contributed by atoms with Crippen molar-refractivity contribution in [3.8, 4) is 45.8 Å². The van der Waals surface area contributed by atoms with Crippen LogP contribution < -0.4 is 0 Å². The van der Waals surface area contributed by atoms with E-state index < -0.39 is 0 Å². The molecule has 0 amide bonds. The molecule has 0 fully saturated rings. The van der Waals surface area contributed by atoms with Gasteiger partial charge in [0.15, 0.2) is 11.6 Å². The molecule has 56 heavy (non-hydrogen) atoms. The number of nitrogens with zero attached hydrogens (tertiary/aromatic N) is 7. The summed E-state index contributed by atoms with van der Waals surface area (Å²) in [6, 6.07) is 57.8. The van der Waals surface area contributed by atoms with E-state index in [1.54, 1.807) is 12.4 Å². The minimum absolute atomic E-state index is 0.485. The van der Waals surface area contributed by atoms with E-state index in [0.717, 1.165) is 32.9 Å². The maximum absolute atomic E-state index is 5.04. The molecule has 0 saturated carbocycles. The lowest BCUT2D eigenvalue weighted by atomic mass is 9.96. The van der Waals surface area contributed by atoms with E-state index in [1.807, 2.05) is 36.4 Å². The second-order valence-electron chi connectivity index (χ2n) is 14.2. The van der Waals surface area contributed by atoms with Gasteiger partial charge in [0.05, 0.1) is 27.8 Å². The molecule has 12 rings (SSSR count). The van der Waals surface area contributed by atoms with Crippen molar-refractivity contribution in [2.24, 2.45) is 0 Å². The third-order valence-corrected chi connectivity index (χ3v) is 11.0. The van der Waals surface area contributed by atoms with E-state index in [9.17, 15) is 0 Å². The summed E-state index contributed by atoms with van der Waals surface area (Å²) >= 11 is 0. The van der Waals surface area contributed by atoms with Crippen LogP contribution in [0.15, 0.2) is 176 Å². The van der Waals surface area contributed by atoms with Crippen molar-refractivity contribution in [3.05, 3.63) is 176 Å². The largest absolute Gasteiger partial charge is 0.309 e. The van der Waals surface area contributed by atoms with Crippen LogP contribution in [0.4, 0.5) is 0 Å². The summed E-state index contributed by atoms with van der Waals surface area (Å²) in [7, 11) is 0. The average molecular weight is 716 g/mol.